The first-order valence-corrected chi connectivity index (χ1v) is 20.5. The number of benzene rings is 1. The topological polar surface area (TPSA) is 193 Å². The van der Waals surface area contributed by atoms with Crippen LogP contribution in [0.25, 0.3) is 0 Å². The predicted molar refractivity (Wildman–Crippen MR) is 202 cm³/mol. The average Bonchev–Trinajstić information content (AvgIpc) is 3.80. The number of methoxy groups -OCH3 is 1. The van der Waals surface area contributed by atoms with Crippen molar-refractivity contribution in [2.24, 2.45) is 0 Å². The number of carbonyl (C=O) groups is 4. The minimum Gasteiger partial charge on any atom is -0.464 e. The van der Waals surface area contributed by atoms with Crippen molar-refractivity contribution in [3.05, 3.63) is 71.6 Å². The molecule has 1 aromatic carbocycles. The third kappa shape index (κ3) is 12.7. The first-order valence-electron chi connectivity index (χ1n) is 18.3. The van der Waals surface area contributed by atoms with E-state index in [-0.39, 0.29) is 53.0 Å². The summed E-state index contributed by atoms with van der Waals surface area (Å²) in [5, 5.41) is 8.41. The van der Waals surface area contributed by atoms with Crippen LogP contribution in [0.2, 0.25) is 16.6 Å². The van der Waals surface area contributed by atoms with Crippen molar-refractivity contribution in [1.29, 1.82) is 0 Å². The van der Waals surface area contributed by atoms with Gasteiger partial charge in [-0.3, -0.25) is 4.79 Å². The molecule has 54 heavy (non-hydrogen) atoms. The number of oxazole rings is 2. The third-order valence-electron chi connectivity index (χ3n) is 8.87. The fraction of sp³-hybridized carbons (Fsp3) is 0.579. The van der Waals surface area contributed by atoms with Gasteiger partial charge in [-0.15, -0.1) is 0 Å². The summed E-state index contributed by atoms with van der Waals surface area (Å²) in [7, 11) is -1.16. The number of alkyl carbamates (subject to hydrolysis) is 2. The van der Waals surface area contributed by atoms with E-state index in [0.717, 1.165) is 5.56 Å². The van der Waals surface area contributed by atoms with E-state index in [9.17, 15) is 19.2 Å². The molecule has 0 fully saturated rings. The second-order valence-corrected chi connectivity index (χ2v) is 20.4. The second kappa shape index (κ2) is 20.1. The average molecular weight is 772 g/mol. The summed E-state index contributed by atoms with van der Waals surface area (Å²) in [6.45, 7) is 18.7. The summed E-state index contributed by atoms with van der Waals surface area (Å²) >= 11 is 0. The zero-order chi connectivity index (χ0) is 40.1. The molecule has 0 aliphatic heterocycles. The molecule has 2 atom stereocenters. The van der Waals surface area contributed by atoms with Gasteiger partial charge in [-0.25, -0.2) is 24.4 Å². The lowest BCUT2D eigenvalue weighted by atomic mass is 10.1. The highest BCUT2D eigenvalue weighted by molar-refractivity contribution is 6.77. The van der Waals surface area contributed by atoms with Crippen molar-refractivity contribution in [3.8, 4) is 0 Å². The largest absolute Gasteiger partial charge is 0.464 e. The molecular formula is C38H57N5O10Si. The van der Waals surface area contributed by atoms with E-state index in [1.54, 1.807) is 20.8 Å². The van der Waals surface area contributed by atoms with Gasteiger partial charge in [0.25, 0.3) is 5.91 Å². The van der Waals surface area contributed by atoms with Crippen LogP contribution in [-0.2, 0) is 25.2 Å². The van der Waals surface area contributed by atoms with Crippen LogP contribution in [0.1, 0.15) is 132 Å². The van der Waals surface area contributed by atoms with Crippen LogP contribution in [0, 0.1) is 0 Å². The van der Waals surface area contributed by atoms with E-state index in [1.165, 1.54) is 19.6 Å². The summed E-state index contributed by atoms with van der Waals surface area (Å²) in [4.78, 5) is 59.6. The molecule has 2 unspecified atom stereocenters. The highest BCUT2D eigenvalue weighted by atomic mass is 28.4. The van der Waals surface area contributed by atoms with E-state index in [0.29, 0.717) is 25.8 Å². The molecule has 2 heterocycles. The Morgan fingerprint density at radius 3 is 1.98 bits per heavy atom. The van der Waals surface area contributed by atoms with Crippen molar-refractivity contribution in [2.75, 3.05) is 20.3 Å². The van der Waals surface area contributed by atoms with Crippen molar-refractivity contribution in [3.63, 3.8) is 0 Å². The van der Waals surface area contributed by atoms with E-state index in [4.69, 9.17) is 27.5 Å². The lowest BCUT2D eigenvalue weighted by Gasteiger charge is -2.42. The minimum atomic E-state index is -2.40. The van der Waals surface area contributed by atoms with Gasteiger partial charge in [0.05, 0.1) is 13.7 Å². The van der Waals surface area contributed by atoms with Crippen LogP contribution in [0.3, 0.4) is 0 Å². The zero-order valence-electron chi connectivity index (χ0n) is 33.1. The Morgan fingerprint density at radius 1 is 0.796 bits per heavy atom. The van der Waals surface area contributed by atoms with Gasteiger partial charge in [0.2, 0.25) is 11.8 Å². The number of hydrogen-bond acceptors (Lipinski definition) is 12. The number of unbranched alkanes of at least 4 members (excludes halogenated alkanes) is 1. The van der Waals surface area contributed by atoms with Crippen LogP contribution in [-0.4, -0.2) is 68.2 Å². The summed E-state index contributed by atoms with van der Waals surface area (Å²) in [6.07, 6.45) is 2.60. The van der Waals surface area contributed by atoms with Crippen molar-refractivity contribution < 1.29 is 46.6 Å². The number of amides is 3. The quantitative estimate of drug-likeness (QED) is 0.0465. The van der Waals surface area contributed by atoms with Crippen LogP contribution in [0.15, 0.2) is 51.7 Å². The van der Waals surface area contributed by atoms with Crippen LogP contribution in [0.5, 0.6) is 0 Å². The summed E-state index contributed by atoms with van der Waals surface area (Å²) in [6, 6.07) is 7.58. The van der Waals surface area contributed by atoms with Gasteiger partial charge >= 0.3 is 18.2 Å². The number of ether oxygens (including phenoxy) is 3. The molecular weight excluding hydrogens is 715 g/mol. The molecule has 16 heteroatoms. The van der Waals surface area contributed by atoms with E-state index < -0.39 is 50.1 Å². The van der Waals surface area contributed by atoms with Crippen molar-refractivity contribution >= 4 is 32.4 Å². The van der Waals surface area contributed by atoms with Gasteiger partial charge < -0.3 is 43.4 Å². The molecule has 15 nitrogen and oxygen atoms in total. The van der Waals surface area contributed by atoms with Crippen LogP contribution in [0.4, 0.5) is 9.59 Å². The third-order valence-corrected chi connectivity index (χ3v) is 15.0. The molecule has 0 aliphatic carbocycles. The van der Waals surface area contributed by atoms with Crippen LogP contribution < -0.4 is 16.0 Å². The Bertz CT molecular complexity index is 1630. The monoisotopic (exact) mass is 771 g/mol. The zero-order valence-corrected chi connectivity index (χ0v) is 34.1. The van der Waals surface area contributed by atoms with E-state index in [1.807, 2.05) is 30.3 Å². The first kappa shape index (κ1) is 43.7. The fourth-order valence-corrected chi connectivity index (χ4v) is 11.9. The highest BCUT2D eigenvalue weighted by Gasteiger charge is 2.46. The van der Waals surface area contributed by atoms with Gasteiger partial charge in [0.15, 0.2) is 19.7 Å². The molecule has 3 aromatic rings. The highest BCUT2D eigenvalue weighted by Crippen LogP contribution is 2.42. The van der Waals surface area contributed by atoms with Crippen molar-refractivity contribution in [2.45, 2.75) is 122 Å². The SMILES string of the molecule is COC(=O)c1coc(C(CO[Si](C(C)C)(C(C)C)C(C)C)NC(=O)c2coc(C(CCCCNC(=O)OC(C)(C)C)NC(=O)OCc3ccccc3)n2)n1. The van der Waals surface area contributed by atoms with E-state index in [2.05, 4.69) is 67.5 Å². The van der Waals surface area contributed by atoms with Gasteiger partial charge in [0, 0.05) is 6.54 Å². The second-order valence-electron chi connectivity index (χ2n) is 15.0. The van der Waals surface area contributed by atoms with Gasteiger partial charge in [-0.2, -0.15) is 0 Å². The number of hydrogen-bond donors (Lipinski definition) is 3. The smallest absolute Gasteiger partial charge is 0.408 e. The maximum absolute atomic E-state index is 13.7. The maximum atomic E-state index is 13.7. The lowest BCUT2D eigenvalue weighted by molar-refractivity contribution is 0.0525. The Morgan fingerprint density at radius 2 is 1.39 bits per heavy atom. The number of esters is 1. The van der Waals surface area contributed by atoms with Gasteiger partial charge in [-0.1, -0.05) is 71.9 Å². The first-order chi connectivity index (χ1) is 25.5. The van der Waals surface area contributed by atoms with Crippen LogP contribution >= 0.6 is 0 Å². The molecule has 0 spiro atoms. The molecule has 298 valence electrons. The van der Waals surface area contributed by atoms with Gasteiger partial charge in [0.1, 0.15) is 36.8 Å². The van der Waals surface area contributed by atoms with E-state index >= 15 is 0 Å². The Labute approximate surface area is 318 Å². The number of nitrogens with one attached hydrogen (secondary N) is 3. The molecule has 0 bridgehead atoms. The number of rotatable bonds is 19. The Kier molecular flexibility index (Phi) is 16.3. The molecule has 0 aliphatic rings. The molecule has 0 radical (unpaired) electrons. The number of aromatic nitrogens is 2. The molecule has 2 aromatic heterocycles. The lowest BCUT2D eigenvalue weighted by Crippen LogP contribution is -2.49. The predicted octanol–water partition coefficient (Wildman–Crippen LogP) is 7.77. The normalized spacial score (nSPS) is 13.1. The van der Waals surface area contributed by atoms with Gasteiger partial charge in [-0.05, 0) is 62.2 Å². The number of carbonyl (C=O) groups excluding carboxylic acids is 4. The molecule has 3 N–H and O–H groups in total. The summed E-state index contributed by atoms with van der Waals surface area (Å²) in [5.41, 5.74) is 0.864. The molecule has 3 amide bonds. The molecule has 3 rings (SSSR count). The Hall–Kier alpha value is -4.70. The Balaban J connectivity index is 1.80. The van der Waals surface area contributed by atoms with Crippen molar-refractivity contribution in [1.82, 2.24) is 25.9 Å². The standard InChI is InChI=1S/C38H57N5O10Si/c1-24(2)54(25(3)4,26(5)6)52-23-30(34-42-31(22-50-34)35(45)48-10)40-32(44)29-21-49-33(41-29)28(18-14-15-19-39-36(46)53-38(7,8)9)43-37(47)51-20-27-16-12-11-13-17-27/h11-13,16-17,21-22,24-26,28,30H,14-15,18-20,23H2,1-10H3,(H,39,46)(H,40,44)(H,43,47). The summed E-state index contributed by atoms with van der Waals surface area (Å²) < 4.78 is 33.7. The molecule has 0 saturated heterocycles. The minimum absolute atomic E-state index is 0.0348. The number of nitrogens with zero attached hydrogens (tertiary/aromatic N) is 2. The maximum Gasteiger partial charge on any atom is 0.408 e. The molecule has 0 saturated carbocycles. The fourth-order valence-electron chi connectivity index (χ4n) is 6.48. The summed E-state index contributed by atoms with van der Waals surface area (Å²) in [5.74, 6) is -1.16.